The highest BCUT2D eigenvalue weighted by atomic mass is 32.2. The summed E-state index contributed by atoms with van der Waals surface area (Å²) in [7, 11) is 0. The Balaban J connectivity index is 2.16. The molecule has 2 aliphatic rings. The second kappa shape index (κ2) is 3.30. The average molecular weight is 238 g/mol. The van der Waals surface area contributed by atoms with Crippen LogP contribution in [0.2, 0.25) is 0 Å². The van der Waals surface area contributed by atoms with E-state index in [1.165, 1.54) is 0 Å². The number of ether oxygens (including phenoxy) is 2. The van der Waals surface area contributed by atoms with Gasteiger partial charge < -0.3 is 19.7 Å². The molecule has 2 heterocycles. The molecule has 0 aromatic carbocycles. The number of carbonyl (C=O) groups is 2. The van der Waals surface area contributed by atoms with Crippen LogP contribution in [0.25, 0.3) is 0 Å². The predicted molar refractivity (Wildman–Crippen MR) is 46.7 cm³/mol. The van der Waals surface area contributed by atoms with Crippen molar-refractivity contribution in [2.75, 3.05) is 0 Å². The summed E-state index contributed by atoms with van der Waals surface area (Å²) >= 11 is 1.37. The third kappa shape index (κ3) is 1.70. The number of aliphatic hydroxyl groups is 2. The molecule has 2 atom stereocenters. The van der Waals surface area contributed by atoms with E-state index in [0.29, 0.717) is 23.5 Å². The molecule has 2 rings (SSSR count). The molecule has 2 fully saturated rings. The van der Waals surface area contributed by atoms with Gasteiger partial charge >= 0.3 is 16.4 Å². The molecule has 2 N–H and O–H groups in total. The number of hydrogen-bond donors (Lipinski definition) is 2. The van der Waals surface area contributed by atoms with E-state index in [4.69, 9.17) is 9.47 Å². The first-order chi connectivity index (χ1) is 6.51. The topological polar surface area (TPSA) is 93.1 Å². The van der Waals surface area contributed by atoms with Crippen LogP contribution in [0.3, 0.4) is 0 Å². The second-order valence-electron chi connectivity index (χ2n) is 2.64. The summed E-state index contributed by atoms with van der Waals surface area (Å²) < 4.78 is 7.93. The van der Waals surface area contributed by atoms with Crippen molar-refractivity contribution in [3.8, 4) is 0 Å². The van der Waals surface area contributed by atoms with Crippen molar-refractivity contribution < 1.29 is 29.3 Å². The Morgan fingerprint density at radius 3 is 2.00 bits per heavy atom. The summed E-state index contributed by atoms with van der Waals surface area (Å²) in [6, 6.07) is 0. The standard InChI is InChI=1S/C6H6O6S2/c7-2-1-3(8)12-6(11-2)13-4(9)5(10)14-6/h4-5,9-10H,1H2. The molecule has 6 nitrogen and oxygen atoms in total. The lowest BCUT2D eigenvalue weighted by atomic mass is 10.4. The fourth-order valence-electron chi connectivity index (χ4n) is 1.03. The largest absolute Gasteiger partial charge is 0.403 e. The second-order valence-corrected chi connectivity index (χ2v) is 5.41. The average Bonchev–Trinajstić information content (AvgIpc) is 2.23. The fraction of sp³-hybridized carbons (Fsp3) is 0.667. The Morgan fingerprint density at radius 2 is 1.57 bits per heavy atom. The Labute approximate surface area is 86.9 Å². The first kappa shape index (κ1) is 10.1. The summed E-state index contributed by atoms with van der Waals surface area (Å²) in [5.74, 6) is -1.44. The van der Waals surface area contributed by atoms with Gasteiger partial charge in [-0.1, -0.05) is 0 Å². The van der Waals surface area contributed by atoms with Gasteiger partial charge in [0, 0.05) is 0 Å². The highest BCUT2D eigenvalue weighted by Gasteiger charge is 2.55. The lowest BCUT2D eigenvalue weighted by Gasteiger charge is -2.29. The Morgan fingerprint density at radius 1 is 1.14 bits per heavy atom. The number of esters is 2. The van der Waals surface area contributed by atoms with Crippen molar-refractivity contribution in [3.05, 3.63) is 0 Å². The van der Waals surface area contributed by atoms with Crippen LogP contribution in [0.15, 0.2) is 0 Å². The number of carbonyl (C=O) groups excluding carboxylic acids is 2. The van der Waals surface area contributed by atoms with E-state index in [2.05, 4.69) is 0 Å². The van der Waals surface area contributed by atoms with E-state index in [0.717, 1.165) is 0 Å². The molecular weight excluding hydrogens is 232 g/mol. The third-order valence-electron chi connectivity index (χ3n) is 1.54. The zero-order chi connectivity index (χ0) is 10.3. The quantitative estimate of drug-likeness (QED) is 0.419. The first-order valence-corrected chi connectivity index (χ1v) is 5.42. The van der Waals surface area contributed by atoms with Crippen molar-refractivity contribution in [2.45, 2.75) is 21.7 Å². The summed E-state index contributed by atoms with van der Waals surface area (Å²) in [6.45, 7) is 0. The van der Waals surface area contributed by atoms with Gasteiger partial charge in [-0.2, -0.15) is 0 Å². The molecule has 8 heteroatoms. The third-order valence-corrected chi connectivity index (χ3v) is 4.20. The van der Waals surface area contributed by atoms with Crippen molar-refractivity contribution in [1.29, 1.82) is 0 Å². The van der Waals surface area contributed by atoms with Crippen molar-refractivity contribution in [3.63, 3.8) is 0 Å². The van der Waals surface area contributed by atoms with Gasteiger partial charge in [0.25, 0.3) is 0 Å². The van der Waals surface area contributed by atoms with Crippen LogP contribution >= 0.6 is 23.5 Å². The molecule has 0 amide bonds. The van der Waals surface area contributed by atoms with Crippen LogP contribution in [0, 0.1) is 0 Å². The van der Waals surface area contributed by atoms with Gasteiger partial charge in [-0.05, 0) is 23.5 Å². The monoisotopic (exact) mass is 238 g/mol. The maximum atomic E-state index is 10.9. The molecule has 0 saturated carbocycles. The number of hydrogen-bond acceptors (Lipinski definition) is 8. The number of thioether (sulfide) groups is 2. The van der Waals surface area contributed by atoms with Crippen LogP contribution in [-0.2, 0) is 19.1 Å². The van der Waals surface area contributed by atoms with Crippen molar-refractivity contribution in [2.24, 2.45) is 0 Å². The van der Waals surface area contributed by atoms with Crippen LogP contribution < -0.4 is 0 Å². The van der Waals surface area contributed by atoms with E-state index in [1.54, 1.807) is 0 Å². The summed E-state index contributed by atoms with van der Waals surface area (Å²) in [5, 5.41) is 18.4. The molecule has 0 aliphatic carbocycles. The normalized spacial score (nSPS) is 35.6. The Bertz CT molecular complexity index is 264. The number of aliphatic hydroxyl groups excluding tert-OH is 2. The van der Waals surface area contributed by atoms with E-state index in [-0.39, 0.29) is 0 Å². The van der Waals surface area contributed by atoms with Gasteiger partial charge in [0.1, 0.15) is 17.3 Å². The molecule has 78 valence electrons. The molecule has 1 spiro atoms. The van der Waals surface area contributed by atoms with E-state index >= 15 is 0 Å². The van der Waals surface area contributed by atoms with Gasteiger partial charge in [0.2, 0.25) is 0 Å². The van der Waals surface area contributed by atoms with Crippen LogP contribution in [-0.4, -0.2) is 37.5 Å². The summed E-state index contributed by atoms with van der Waals surface area (Å²) in [5.41, 5.74) is -2.28. The van der Waals surface area contributed by atoms with E-state index < -0.39 is 33.7 Å². The van der Waals surface area contributed by atoms with E-state index in [1.807, 2.05) is 0 Å². The highest BCUT2D eigenvalue weighted by Crippen LogP contribution is 2.53. The smallest absolute Gasteiger partial charge is 0.363 e. The van der Waals surface area contributed by atoms with Crippen molar-refractivity contribution >= 4 is 35.5 Å². The van der Waals surface area contributed by atoms with Crippen LogP contribution in [0.4, 0.5) is 0 Å². The molecule has 2 unspecified atom stereocenters. The molecule has 0 aromatic rings. The fourth-order valence-corrected chi connectivity index (χ4v) is 3.56. The SMILES string of the molecule is O=C1CC(=O)OC2(O1)SC(O)C(O)S2. The van der Waals surface area contributed by atoms with Gasteiger partial charge in [-0.15, -0.1) is 0 Å². The lowest BCUT2D eigenvalue weighted by molar-refractivity contribution is -0.193. The van der Waals surface area contributed by atoms with Gasteiger partial charge in [0.05, 0.1) is 0 Å². The highest BCUT2D eigenvalue weighted by molar-refractivity contribution is 8.21. The van der Waals surface area contributed by atoms with Crippen LogP contribution in [0.1, 0.15) is 6.42 Å². The van der Waals surface area contributed by atoms with Gasteiger partial charge in [-0.3, -0.25) is 9.59 Å². The van der Waals surface area contributed by atoms with E-state index in [9.17, 15) is 19.8 Å². The predicted octanol–water partition coefficient (Wildman–Crippen LogP) is -0.795. The van der Waals surface area contributed by atoms with Gasteiger partial charge in [-0.25, -0.2) is 0 Å². The maximum absolute atomic E-state index is 10.9. The molecule has 0 aromatic heterocycles. The zero-order valence-corrected chi connectivity index (χ0v) is 8.34. The summed E-state index contributed by atoms with van der Waals surface area (Å²) in [4.78, 5) is 21.9. The minimum Gasteiger partial charge on any atom is -0.403 e. The maximum Gasteiger partial charge on any atom is 0.363 e. The van der Waals surface area contributed by atoms with Crippen LogP contribution in [0.5, 0.6) is 0 Å². The first-order valence-electron chi connectivity index (χ1n) is 3.66. The lowest BCUT2D eigenvalue weighted by Crippen LogP contribution is -2.38. The molecule has 14 heavy (non-hydrogen) atoms. The van der Waals surface area contributed by atoms with Gasteiger partial charge in [0.15, 0.2) is 0 Å². The number of rotatable bonds is 0. The zero-order valence-electron chi connectivity index (χ0n) is 6.71. The molecule has 0 radical (unpaired) electrons. The minimum absolute atomic E-state index is 0.435. The van der Waals surface area contributed by atoms with Crippen molar-refractivity contribution in [1.82, 2.24) is 0 Å². The molecular formula is C6H6O6S2. The summed E-state index contributed by atoms with van der Waals surface area (Å²) in [6.07, 6.45) is -0.435. The Hall–Kier alpha value is -0.440. The molecule has 2 saturated heterocycles. The Kier molecular flexibility index (Phi) is 2.38. The molecule has 0 bridgehead atoms. The molecule has 2 aliphatic heterocycles. The minimum atomic E-state index is -1.61.